The second-order valence-electron chi connectivity index (χ2n) is 10.6. The molecule has 44 heavy (non-hydrogen) atoms. The van der Waals surface area contributed by atoms with Crippen LogP contribution in [0.2, 0.25) is 0 Å². The number of hydrogen-bond acceptors (Lipinski definition) is 7. The fourth-order valence-electron chi connectivity index (χ4n) is 5.20. The van der Waals surface area contributed by atoms with Crippen molar-refractivity contribution in [1.29, 1.82) is 0 Å². The van der Waals surface area contributed by atoms with E-state index in [9.17, 15) is 24.3 Å². The minimum Gasteiger partial charge on any atom is -0.481 e. The lowest BCUT2D eigenvalue weighted by molar-refractivity contribution is -0.137. The number of benzene rings is 2. The summed E-state index contributed by atoms with van der Waals surface area (Å²) >= 11 is 1.37. The van der Waals surface area contributed by atoms with Gasteiger partial charge in [-0.25, -0.2) is 0 Å². The van der Waals surface area contributed by atoms with Gasteiger partial charge in [0.25, 0.3) is 17.7 Å². The zero-order valence-corrected chi connectivity index (χ0v) is 25.0. The highest BCUT2D eigenvalue weighted by Gasteiger charge is 2.25. The van der Waals surface area contributed by atoms with E-state index in [1.807, 2.05) is 24.4 Å². The molecule has 2 aromatic carbocycles. The smallest absolute Gasteiger partial charge is 0.305 e. The molecule has 0 aliphatic carbocycles. The fourth-order valence-corrected chi connectivity index (χ4v) is 5.97. The Morgan fingerprint density at radius 2 is 1.73 bits per heavy atom. The Hall–Kier alpha value is -5.03. The molecule has 1 aliphatic heterocycles. The fraction of sp³-hybridized carbons (Fsp3) is 0.242. The van der Waals surface area contributed by atoms with Crippen LogP contribution in [0.1, 0.15) is 60.4 Å². The number of carbonyl (C=O) groups excluding carboxylic acids is 3. The molecular weight excluding hydrogens is 578 g/mol. The number of carbonyl (C=O) groups is 4. The number of hydrogen-bond donors (Lipinski definition) is 3. The third kappa shape index (κ3) is 7.48. The van der Waals surface area contributed by atoms with Crippen LogP contribution in [-0.4, -0.2) is 64.9 Å². The Morgan fingerprint density at radius 3 is 2.45 bits per heavy atom. The van der Waals surface area contributed by atoms with Crippen molar-refractivity contribution in [2.75, 3.05) is 36.4 Å². The van der Waals surface area contributed by atoms with Gasteiger partial charge in [0.15, 0.2) is 0 Å². The van der Waals surface area contributed by atoms with Gasteiger partial charge in [-0.15, -0.1) is 11.3 Å². The van der Waals surface area contributed by atoms with E-state index in [1.165, 1.54) is 11.3 Å². The second kappa shape index (κ2) is 14.0. The number of aromatic nitrogens is 1. The molecule has 5 rings (SSSR count). The Kier molecular flexibility index (Phi) is 9.65. The van der Waals surface area contributed by atoms with E-state index in [0.717, 1.165) is 16.1 Å². The number of carboxylic acids is 1. The standard InChI is InChI=1S/C33H33N5O5S/c1-22-6-2-7-23(18-22)31(41)35-26-19-24(32(42)36-27(20-30(39)40)29-9-4-17-44-29)10-11-28(26)37-13-5-14-38(16-15-37)33(43)25-8-3-12-34-21-25/h2-4,6-12,17-19,21,27H,5,13-16,20H2,1H3,(H,35,41)(H,36,42)(H,39,40). The molecule has 3 heterocycles. The maximum Gasteiger partial charge on any atom is 0.305 e. The lowest BCUT2D eigenvalue weighted by atomic mass is 10.1. The number of pyridine rings is 1. The minimum atomic E-state index is -1.03. The van der Waals surface area contributed by atoms with Crippen LogP contribution in [0.3, 0.4) is 0 Å². The molecule has 4 aromatic rings. The first-order chi connectivity index (χ1) is 21.3. The van der Waals surface area contributed by atoms with Crippen molar-refractivity contribution < 1.29 is 24.3 Å². The van der Waals surface area contributed by atoms with E-state index in [2.05, 4.69) is 20.5 Å². The van der Waals surface area contributed by atoms with Gasteiger partial charge in [0.05, 0.1) is 29.4 Å². The highest BCUT2D eigenvalue weighted by atomic mass is 32.1. The maximum atomic E-state index is 13.4. The molecule has 1 fully saturated rings. The van der Waals surface area contributed by atoms with Crippen LogP contribution in [0.25, 0.3) is 0 Å². The number of thiophene rings is 1. The molecule has 2 aromatic heterocycles. The molecule has 3 N–H and O–H groups in total. The topological polar surface area (TPSA) is 132 Å². The lowest BCUT2D eigenvalue weighted by Crippen LogP contribution is -2.35. The van der Waals surface area contributed by atoms with Crippen LogP contribution in [0.15, 0.2) is 84.5 Å². The summed E-state index contributed by atoms with van der Waals surface area (Å²) in [5.74, 6) is -1.88. The summed E-state index contributed by atoms with van der Waals surface area (Å²) in [6.45, 7) is 4.10. The average molecular weight is 612 g/mol. The third-order valence-electron chi connectivity index (χ3n) is 7.39. The monoisotopic (exact) mass is 611 g/mol. The van der Waals surface area contributed by atoms with Crippen molar-refractivity contribution in [1.82, 2.24) is 15.2 Å². The summed E-state index contributed by atoms with van der Waals surface area (Å²) in [4.78, 5) is 60.1. The quantitative estimate of drug-likeness (QED) is 0.243. The summed E-state index contributed by atoms with van der Waals surface area (Å²) in [5, 5.41) is 17.1. The zero-order valence-electron chi connectivity index (χ0n) is 24.2. The van der Waals surface area contributed by atoms with Crippen molar-refractivity contribution in [2.24, 2.45) is 0 Å². The molecule has 0 spiro atoms. The number of aliphatic carboxylic acids is 1. The van der Waals surface area contributed by atoms with Gasteiger partial charge in [-0.1, -0.05) is 23.8 Å². The predicted molar refractivity (Wildman–Crippen MR) is 169 cm³/mol. The van der Waals surface area contributed by atoms with Crippen LogP contribution in [0.5, 0.6) is 0 Å². The van der Waals surface area contributed by atoms with Gasteiger partial charge in [0.1, 0.15) is 0 Å². The molecule has 11 heteroatoms. The first-order valence-corrected chi connectivity index (χ1v) is 15.2. The van der Waals surface area contributed by atoms with Gasteiger partial charge >= 0.3 is 5.97 Å². The number of nitrogens with zero attached hydrogens (tertiary/aromatic N) is 3. The highest BCUT2D eigenvalue weighted by Crippen LogP contribution is 2.30. The molecular formula is C33H33N5O5S. The van der Waals surface area contributed by atoms with Gasteiger partial charge in [-0.2, -0.15) is 0 Å². The number of rotatable bonds is 9. The Bertz CT molecular complexity index is 1640. The number of carboxylic acid groups (broad SMARTS) is 1. The Labute approximate surface area is 259 Å². The van der Waals surface area contributed by atoms with E-state index in [4.69, 9.17) is 0 Å². The molecule has 1 aliphatic rings. The summed E-state index contributed by atoms with van der Waals surface area (Å²) < 4.78 is 0. The van der Waals surface area contributed by atoms with Gasteiger partial charge in [-0.05, 0) is 67.3 Å². The average Bonchev–Trinajstić information content (AvgIpc) is 3.46. The summed E-state index contributed by atoms with van der Waals surface area (Å²) in [6.07, 6.45) is 3.64. The predicted octanol–water partition coefficient (Wildman–Crippen LogP) is 5.00. The van der Waals surface area contributed by atoms with Crippen LogP contribution in [0.4, 0.5) is 11.4 Å². The third-order valence-corrected chi connectivity index (χ3v) is 8.38. The maximum absolute atomic E-state index is 13.4. The van der Waals surface area contributed by atoms with Crippen LogP contribution >= 0.6 is 11.3 Å². The number of aryl methyl sites for hydroxylation is 1. The molecule has 0 saturated carbocycles. The van der Waals surface area contributed by atoms with Crippen molar-refractivity contribution >= 4 is 46.4 Å². The molecule has 0 radical (unpaired) electrons. The second-order valence-corrected chi connectivity index (χ2v) is 11.5. The van der Waals surface area contributed by atoms with Crippen molar-refractivity contribution in [3.63, 3.8) is 0 Å². The van der Waals surface area contributed by atoms with E-state index >= 15 is 0 Å². The molecule has 0 bridgehead atoms. The SMILES string of the molecule is Cc1cccc(C(=O)Nc2cc(C(=O)NC(CC(=O)O)c3cccs3)ccc2N2CCCN(C(=O)c3cccnc3)CC2)c1. The number of anilines is 2. The summed E-state index contributed by atoms with van der Waals surface area (Å²) in [7, 11) is 0. The zero-order chi connectivity index (χ0) is 31.1. The van der Waals surface area contributed by atoms with Gasteiger partial charge in [0, 0.05) is 54.6 Å². The van der Waals surface area contributed by atoms with Crippen molar-refractivity contribution in [2.45, 2.75) is 25.8 Å². The molecule has 1 atom stereocenters. The first kappa shape index (κ1) is 30.4. The largest absolute Gasteiger partial charge is 0.481 e. The highest BCUT2D eigenvalue weighted by molar-refractivity contribution is 7.10. The Morgan fingerprint density at radius 1 is 0.909 bits per heavy atom. The van der Waals surface area contributed by atoms with E-state index in [1.54, 1.807) is 71.9 Å². The molecule has 1 unspecified atom stereocenters. The minimum absolute atomic E-state index is 0.0819. The Balaban J connectivity index is 1.41. The number of nitrogens with one attached hydrogen (secondary N) is 2. The molecule has 226 valence electrons. The number of amides is 3. The summed E-state index contributed by atoms with van der Waals surface area (Å²) in [6, 6.07) is 18.7. The van der Waals surface area contributed by atoms with Gasteiger partial charge in [-0.3, -0.25) is 24.2 Å². The normalized spacial score (nSPS) is 13.9. The lowest BCUT2D eigenvalue weighted by Gasteiger charge is -2.27. The molecule has 3 amide bonds. The summed E-state index contributed by atoms with van der Waals surface area (Å²) in [5.41, 5.74) is 3.40. The van der Waals surface area contributed by atoms with Gasteiger partial charge < -0.3 is 25.5 Å². The van der Waals surface area contributed by atoms with Crippen LogP contribution in [0, 0.1) is 6.92 Å². The first-order valence-electron chi connectivity index (χ1n) is 14.3. The van der Waals surface area contributed by atoms with E-state index in [0.29, 0.717) is 49.4 Å². The molecule has 10 nitrogen and oxygen atoms in total. The van der Waals surface area contributed by atoms with Crippen LogP contribution in [-0.2, 0) is 4.79 Å². The van der Waals surface area contributed by atoms with Crippen molar-refractivity contribution in [3.8, 4) is 0 Å². The van der Waals surface area contributed by atoms with E-state index < -0.39 is 17.9 Å². The molecule has 1 saturated heterocycles. The van der Waals surface area contributed by atoms with Gasteiger partial charge in [0.2, 0.25) is 0 Å². The van der Waals surface area contributed by atoms with Crippen LogP contribution < -0.4 is 15.5 Å². The van der Waals surface area contributed by atoms with E-state index in [-0.39, 0.29) is 23.8 Å². The van der Waals surface area contributed by atoms with Crippen molar-refractivity contribution in [3.05, 3.63) is 112 Å².